The maximum atomic E-state index is 11.8. The number of carbonyl (C=O) groups excluding carboxylic acids is 2. The van der Waals surface area contributed by atoms with E-state index in [0.717, 1.165) is 20.9 Å². The van der Waals surface area contributed by atoms with Gasteiger partial charge < -0.3 is 5.32 Å². The van der Waals surface area contributed by atoms with Crippen molar-refractivity contribution in [3.8, 4) is 10.4 Å². The third-order valence-corrected chi connectivity index (χ3v) is 4.63. The molecule has 0 saturated heterocycles. The topological polar surface area (TPSA) is 70.6 Å². The first-order chi connectivity index (χ1) is 12.6. The molecular weight excluding hydrogens is 346 g/mol. The van der Waals surface area contributed by atoms with Gasteiger partial charge >= 0.3 is 11.8 Å². The molecule has 5 nitrogen and oxygen atoms in total. The smallest absolute Gasteiger partial charge is 0.318 e. The maximum Gasteiger partial charge on any atom is 0.329 e. The third kappa shape index (κ3) is 4.64. The standard InChI is InChI=1S/C20H17N3O2S/c1-14-7-9-16(10-8-14)22-19(24)20(25)23-21-13-17-11-12-18(26-17)15-5-3-2-4-6-15/h2-13H,1H3,(H,22,24)(H,23,25)/b21-13-. The molecule has 0 unspecified atom stereocenters. The summed E-state index contributed by atoms with van der Waals surface area (Å²) in [5.74, 6) is -1.58. The predicted molar refractivity (Wildman–Crippen MR) is 105 cm³/mol. The average Bonchev–Trinajstić information content (AvgIpc) is 3.13. The summed E-state index contributed by atoms with van der Waals surface area (Å²) in [7, 11) is 0. The second-order valence-electron chi connectivity index (χ2n) is 5.59. The zero-order chi connectivity index (χ0) is 18.4. The number of amides is 2. The van der Waals surface area contributed by atoms with Crippen LogP contribution in [-0.4, -0.2) is 18.0 Å². The average molecular weight is 363 g/mol. The van der Waals surface area contributed by atoms with E-state index in [-0.39, 0.29) is 0 Å². The highest BCUT2D eigenvalue weighted by atomic mass is 32.1. The van der Waals surface area contributed by atoms with Crippen molar-refractivity contribution in [1.29, 1.82) is 0 Å². The number of hydrogen-bond acceptors (Lipinski definition) is 4. The van der Waals surface area contributed by atoms with Gasteiger partial charge in [0.15, 0.2) is 0 Å². The summed E-state index contributed by atoms with van der Waals surface area (Å²) in [6, 6.07) is 21.1. The molecule has 0 saturated carbocycles. The molecule has 130 valence electrons. The minimum Gasteiger partial charge on any atom is -0.318 e. The van der Waals surface area contributed by atoms with Crippen LogP contribution in [0.4, 0.5) is 5.69 Å². The first-order valence-electron chi connectivity index (χ1n) is 7.98. The largest absolute Gasteiger partial charge is 0.329 e. The zero-order valence-electron chi connectivity index (χ0n) is 14.1. The van der Waals surface area contributed by atoms with E-state index >= 15 is 0 Å². The van der Waals surface area contributed by atoms with Gasteiger partial charge in [-0.2, -0.15) is 5.10 Å². The summed E-state index contributed by atoms with van der Waals surface area (Å²) in [6.07, 6.45) is 1.52. The summed E-state index contributed by atoms with van der Waals surface area (Å²) in [4.78, 5) is 25.6. The van der Waals surface area contributed by atoms with Crippen LogP contribution in [0.5, 0.6) is 0 Å². The van der Waals surface area contributed by atoms with Gasteiger partial charge in [0.2, 0.25) is 0 Å². The van der Waals surface area contributed by atoms with E-state index < -0.39 is 11.8 Å². The number of anilines is 1. The minimum atomic E-state index is -0.818. The van der Waals surface area contributed by atoms with Crippen LogP contribution < -0.4 is 10.7 Å². The number of aryl methyl sites for hydroxylation is 1. The third-order valence-electron chi connectivity index (χ3n) is 3.56. The van der Waals surface area contributed by atoms with Crippen molar-refractivity contribution >= 4 is 35.1 Å². The number of carbonyl (C=O) groups is 2. The van der Waals surface area contributed by atoms with Gasteiger partial charge in [-0.15, -0.1) is 11.3 Å². The maximum absolute atomic E-state index is 11.8. The van der Waals surface area contributed by atoms with Crippen LogP contribution in [0.3, 0.4) is 0 Å². The molecule has 26 heavy (non-hydrogen) atoms. The Morgan fingerprint density at radius 3 is 2.38 bits per heavy atom. The van der Waals surface area contributed by atoms with Gasteiger partial charge in [-0.25, -0.2) is 5.43 Å². The molecule has 0 atom stereocenters. The lowest BCUT2D eigenvalue weighted by Crippen LogP contribution is -2.32. The van der Waals surface area contributed by atoms with Gasteiger partial charge in [0.05, 0.1) is 6.21 Å². The van der Waals surface area contributed by atoms with Crippen LogP contribution in [-0.2, 0) is 9.59 Å². The Kier molecular flexibility index (Phi) is 5.56. The minimum absolute atomic E-state index is 0.561. The van der Waals surface area contributed by atoms with E-state index in [4.69, 9.17) is 0 Å². The quantitative estimate of drug-likeness (QED) is 0.420. The van der Waals surface area contributed by atoms with Crippen molar-refractivity contribution in [3.05, 3.63) is 77.2 Å². The predicted octanol–water partition coefficient (Wildman–Crippen LogP) is 3.81. The molecule has 1 heterocycles. The Hall–Kier alpha value is -3.25. The first kappa shape index (κ1) is 17.6. The SMILES string of the molecule is Cc1ccc(NC(=O)C(=O)N/N=C\c2ccc(-c3ccccc3)s2)cc1. The lowest BCUT2D eigenvalue weighted by molar-refractivity contribution is -0.136. The van der Waals surface area contributed by atoms with Gasteiger partial charge in [-0.3, -0.25) is 9.59 Å². The van der Waals surface area contributed by atoms with Crippen LogP contribution >= 0.6 is 11.3 Å². The molecule has 0 radical (unpaired) electrons. The van der Waals surface area contributed by atoms with Crippen LogP contribution in [0.15, 0.2) is 71.8 Å². The summed E-state index contributed by atoms with van der Waals surface area (Å²) < 4.78 is 0. The molecule has 0 spiro atoms. The molecule has 0 aliphatic heterocycles. The number of rotatable bonds is 4. The number of nitrogens with one attached hydrogen (secondary N) is 2. The van der Waals surface area contributed by atoms with E-state index in [1.54, 1.807) is 23.5 Å². The van der Waals surface area contributed by atoms with Gasteiger partial charge in [-0.1, -0.05) is 48.0 Å². The highest BCUT2D eigenvalue weighted by molar-refractivity contribution is 7.17. The fourth-order valence-electron chi connectivity index (χ4n) is 2.21. The number of hydrogen-bond donors (Lipinski definition) is 2. The number of hydrazone groups is 1. The van der Waals surface area contributed by atoms with E-state index in [9.17, 15) is 9.59 Å². The number of thiophene rings is 1. The second kappa shape index (κ2) is 8.22. The van der Waals surface area contributed by atoms with Crippen molar-refractivity contribution in [2.24, 2.45) is 5.10 Å². The molecule has 2 amide bonds. The van der Waals surface area contributed by atoms with Gasteiger partial charge in [0.25, 0.3) is 0 Å². The first-order valence-corrected chi connectivity index (χ1v) is 8.80. The van der Waals surface area contributed by atoms with Crippen molar-refractivity contribution in [1.82, 2.24) is 5.43 Å². The Labute approximate surface area is 155 Å². The Bertz CT molecular complexity index is 931. The lowest BCUT2D eigenvalue weighted by atomic mass is 10.2. The highest BCUT2D eigenvalue weighted by Gasteiger charge is 2.12. The molecule has 0 aliphatic rings. The van der Waals surface area contributed by atoms with Crippen LogP contribution in [0.25, 0.3) is 10.4 Å². The molecule has 2 N–H and O–H groups in total. The number of nitrogens with zero attached hydrogens (tertiary/aromatic N) is 1. The molecule has 3 aromatic rings. The summed E-state index contributed by atoms with van der Waals surface area (Å²) in [5, 5.41) is 6.37. The monoisotopic (exact) mass is 363 g/mol. The highest BCUT2D eigenvalue weighted by Crippen LogP contribution is 2.26. The van der Waals surface area contributed by atoms with Crippen molar-refractivity contribution < 1.29 is 9.59 Å². The molecule has 0 bridgehead atoms. The molecule has 6 heteroatoms. The lowest BCUT2D eigenvalue weighted by Gasteiger charge is -2.03. The Morgan fingerprint density at radius 1 is 0.923 bits per heavy atom. The van der Waals surface area contributed by atoms with E-state index in [2.05, 4.69) is 15.8 Å². The summed E-state index contributed by atoms with van der Waals surface area (Å²) in [5.41, 5.74) is 4.99. The van der Waals surface area contributed by atoms with E-state index in [0.29, 0.717) is 5.69 Å². The van der Waals surface area contributed by atoms with E-state index in [1.807, 2.05) is 61.5 Å². The second-order valence-corrected chi connectivity index (χ2v) is 6.70. The van der Waals surface area contributed by atoms with Gasteiger partial charge in [0.1, 0.15) is 0 Å². The van der Waals surface area contributed by atoms with Crippen molar-refractivity contribution in [3.63, 3.8) is 0 Å². The molecule has 3 rings (SSSR count). The van der Waals surface area contributed by atoms with Crippen LogP contribution in [0.2, 0.25) is 0 Å². The molecule has 2 aromatic carbocycles. The molecule has 0 aliphatic carbocycles. The summed E-state index contributed by atoms with van der Waals surface area (Å²) in [6.45, 7) is 1.95. The molecular formula is C20H17N3O2S. The normalized spacial score (nSPS) is 10.7. The van der Waals surface area contributed by atoms with Crippen molar-refractivity contribution in [2.75, 3.05) is 5.32 Å². The number of benzene rings is 2. The van der Waals surface area contributed by atoms with Gasteiger partial charge in [-0.05, 0) is 36.8 Å². The molecule has 1 aromatic heterocycles. The zero-order valence-corrected chi connectivity index (χ0v) is 14.9. The van der Waals surface area contributed by atoms with Crippen LogP contribution in [0.1, 0.15) is 10.4 Å². The fraction of sp³-hybridized carbons (Fsp3) is 0.0500. The Morgan fingerprint density at radius 2 is 1.65 bits per heavy atom. The van der Waals surface area contributed by atoms with Crippen molar-refractivity contribution in [2.45, 2.75) is 6.92 Å². The molecule has 0 fully saturated rings. The van der Waals surface area contributed by atoms with E-state index in [1.165, 1.54) is 6.21 Å². The van der Waals surface area contributed by atoms with Gasteiger partial charge in [0, 0.05) is 15.4 Å². The fourth-order valence-corrected chi connectivity index (χ4v) is 3.10. The summed E-state index contributed by atoms with van der Waals surface area (Å²) >= 11 is 1.55. The Balaban J connectivity index is 1.55. The van der Waals surface area contributed by atoms with Crippen LogP contribution in [0, 0.1) is 6.92 Å².